The first-order valence-corrected chi connectivity index (χ1v) is 5.58. The van der Waals surface area contributed by atoms with Gasteiger partial charge in [-0.2, -0.15) is 5.06 Å². The van der Waals surface area contributed by atoms with Crippen LogP contribution in [0.15, 0.2) is 18.2 Å². The average Bonchev–Trinajstić information content (AvgIpc) is 2.36. The average molecular weight is 236 g/mol. The Kier molecular flexibility index (Phi) is 3.19. The van der Waals surface area contributed by atoms with Gasteiger partial charge in [0.25, 0.3) is 0 Å². The minimum absolute atomic E-state index is 0.345. The first kappa shape index (κ1) is 11.7. The number of carbonyl (C=O) groups excluding carboxylic acids is 1. The summed E-state index contributed by atoms with van der Waals surface area (Å²) in [5.74, 6) is 0.785. The lowest BCUT2D eigenvalue weighted by atomic mass is 9.87. The monoisotopic (exact) mass is 236 g/mol. The highest BCUT2D eigenvalue weighted by Gasteiger charge is 2.27. The van der Waals surface area contributed by atoms with Crippen LogP contribution in [0.2, 0.25) is 0 Å². The SMILES string of the molecule is COc1ccc2c(c1)CCCC2N(O)C(N)=O. The van der Waals surface area contributed by atoms with E-state index in [1.54, 1.807) is 7.11 Å². The number of carbonyl (C=O) groups is 1. The Hall–Kier alpha value is -1.75. The van der Waals surface area contributed by atoms with E-state index in [-0.39, 0.29) is 6.04 Å². The molecule has 92 valence electrons. The topological polar surface area (TPSA) is 75.8 Å². The van der Waals surface area contributed by atoms with Crippen LogP contribution >= 0.6 is 0 Å². The van der Waals surface area contributed by atoms with Crippen molar-refractivity contribution in [3.63, 3.8) is 0 Å². The smallest absolute Gasteiger partial charge is 0.339 e. The van der Waals surface area contributed by atoms with E-state index >= 15 is 0 Å². The third kappa shape index (κ3) is 2.19. The van der Waals surface area contributed by atoms with E-state index in [0.717, 1.165) is 36.1 Å². The summed E-state index contributed by atoms with van der Waals surface area (Å²) in [6.07, 6.45) is 2.56. The molecule has 1 unspecified atom stereocenters. The number of benzene rings is 1. The quantitative estimate of drug-likeness (QED) is 0.607. The summed E-state index contributed by atoms with van der Waals surface area (Å²) >= 11 is 0. The van der Waals surface area contributed by atoms with Crippen LogP contribution in [0.3, 0.4) is 0 Å². The Morgan fingerprint density at radius 3 is 3.00 bits per heavy atom. The van der Waals surface area contributed by atoms with Gasteiger partial charge >= 0.3 is 6.03 Å². The number of urea groups is 1. The molecule has 2 rings (SSSR count). The summed E-state index contributed by atoms with van der Waals surface area (Å²) in [7, 11) is 1.61. The maximum Gasteiger partial charge on any atom is 0.339 e. The molecule has 0 radical (unpaired) electrons. The van der Waals surface area contributed by atoms with Gasteiger partial charge in [0.15, 0.2) is 0 Å². The zero-order valence-corrected chi connectivity index (χ0v) is 9.72. The number of fused-ring (bicyclic) bond motifs is 1. The van der Waals surface area contributed by atoms with Crippen molar-refractivity contribution in [2.45, 2.75) is 25.3 Å². The summed E-state index contributed by atoms with van der Waals surface area (Å²) in [5, 5.41) is 10.3. The Bertz CT molecular complexity index is 434. The number of hydrogen-bond donors (Lipinski definition) is 2. The molecular weight excluding hydrogens is 220 g/mol. The second-order valence-corrected chi connectivity index (χ2v) is 4.16. The molecule has 2 amide bonds. The molecule has 0 saturated heterocycles. The number of nitrogens with zero attached hydrogens (tertiary/aromatic N) is 1. The fraction of sp³-hybridized carbons (Fsp3) is 0.417. The molecule has 1 aromatic carbocycles. The van der Waals surface area contributed by atoms with E-state index in [1.807, 2.05) is 18.2 Å². The van der Waals surface area contributed by atoms with Crippen molar-refractivity contribution in [2.24, 2.45) is 5.73 Å². The number of aryl methyl sites for hydroxylation is 1. The molecule has 1 atom stereocenters. The molecule has 17 heavy (non-hydrogen) atoms. The van der Waals surface area contributed by atoms with Crippen molar-refractivity contribution in [1.82, 2.24) is 5.06 Å². The Labute approximate surface area is 99.7 Å². The van der Waals surface area contributed by atoms with Gasteiger partial charge in [0.2, 0.25) is 0 Å². The highest BCUT2D eigenvalue weighted by molar-refractivity contribution is 5.71. The van der Waals surface area contributed by atoms with Crippen molar-refractivity contribution in [3.8, 4) is 5.75 Å². The van der Waals surface area contributed by atoms with Crippen molar-refractivity contribution in [2.75, 3.05) is 7.11 Å². The Balaban J connectivity index is 2.34. The number of nitrogens with two attached hydrogens (primary N) is 1. The van der Waals surface area contributed by atoms with Crippen LogP contribution in [0.5, 0.6) is 5.75 Å². The summed E-state index contributed by atoms with van der Waals surface area (Å²) in [5.41, 5.74) is 7.13. The second kappa shape index (κ2) is 4.63. The van der Waals surface area contributed by atoms with E-state index in [4.69, 9.17) is 10.5 Å². The number of ether oxygens (including phenoxy) is 1. The summed E-state index contributed by atoms with van der Waals surface area (Å²) in [6.45, 7) is 0. The van der Waals surface area contributed by atoms with Gasteiger partial charge < -0.3 is 10.5 Å². The fourth-order valence-corrected chi connectivity index (χ4v) is 2.30. The molecule has 1 aromatic rings. The van der Waals surface area contributed by atoms with E-state index in [1.165, 1.54) is 0 Å². The minimum Gasteiger partial charge on any atom is -0.497 e. The van der Waals surface area contributed by atoms with Crippen molar-refractivity contribution >= 4 is 6.03 Å². The van der Waals surface area contributed by atoms with Gasteiger partial charge in [0.05, 0.1) is 13.2 Å². The third-order valence-electron chi connectivity index (χ3n) is 3.15. The van der Waals surface area contributed by atoms with Crippen LogP contribution in [0.25, 0.3) is 0 Å². The summed E-state index contributed by atoms with van der Waals surface area (Å²) in [6, 6.07) is 4.48. The summed E-state index contributed by atoms with van der Waals surface area (Å²) < 4.78 is 5.16. The molecule has 0 aliphatic heterocycles. The van der Waals surface area contributed by atoms with E-state index in [2.05, 4.69) is 0 Å². The number of hydroxylamine groups is 2. The van der Waals surface area contributed by atoms with Crippen LogP contribution in [0, 0.1) is 0 Å². The number of hydrogen-bond acceptors (Lipinski definition) is 3. The van der Waals surface area contributed by atoms with E-state index < -0.39 is 6.03 Å². The molecule has 5 heteroatoms. The molecule has 0 heterocycles. The number of rotatable bonds is 2. The zero-order chi connectivity index (χ0) is 12.4. The highest BCUT2D eigenvalue weighted by atomic mass is 16.5. The van der Waals surface area contributed by atoms with E-state index in [0.29, 0.717) is 5.06 Å². The molecule has 0 fully saturated rings. The summed E-state index contributed by atoms with van der Waals surface area (Å²) in [4.78, 5) is 11.0. The first-order valence-electron chi connectivity index (χ1n) is 5.58. The molecular formula is C12H16N2O3. The van der Waals surface area contributed by atoms with Gasteiger partial charge in [-0.25, -0.2) is 4.79 Å². The third-order valence-corrected chi connectivity index (χ3v) is 3.15. The van der Waals surface area contributed by atoms with Gasteiger partial charge in [-0.1, -0.05) is 6.07 Å². The molecule has 1 aliphatic rings. The Morgan fingerprint density at radius 2 is 2.35 bits per heavy atom. The van der Waals surface area contributed by atoms with Gasteiger partial charge in [-0.3, -0.25) is 5.21 Å². The number of amides is 2. The lowest BCUT2D eigenvalue weighted by molar-refractivity contribution is -0.0808. The molecule has 1 aliphatic carbocycles. The molecule has 0 bridgehead atoms. The Morgan fingerprint density at radius 1 is 1.59 bits per heavy atom. The number of methoxy groups -OCH3 is 1. The standard InChI is InChI=1S/C12H16N2O3/c1-17-9-5-6-10-8(7-9)3-2-4-11(10)14(16)12(13)15/h5-7,11,16H,2-4H2,1H3,(H2,13,15). The molecule has 3 N–H and O–H groups in total. The molecule has 0 spiro atoms. The second-order valence-electron chi connectivity index (χ2n) is 4.16. The molecule has 0 aromatic heterocycles. The first-order chi connectivity index (χ1) is 8.13. The van der Waals surface area contributed by atoms with Crippen LogP contribution in [0.4, 0.5) is 4.79 Å². The molecule has 5 nitrogen and oxygen atoms in total. The largest absolute Gasteiger partial charge is 0.497 e. The highest BCUT2D eigenvalue weighted by Crippen LogP contribution is 2.35. The molecule has 0 saturated carbocycles. The maximum atomic E-state index is 11.0. The predicted molar refractivity (Wildman–Crippen MR) is 61.9 cm³/mol. The van der Waals surface area contributed by atoms with Crippen LogP contribution in [0.1, 0.15) is 30.0 Å². The zero-order valence-electron chi connectivity index (χ0n) is 9.72. The van der Waals surface area contributed by atoms with Gasteiger partial charge in [-0.05, 0) is 42.5 Å². The van der Waals surface area contributed by atoms with Crippen molar-refractivity contribution < 1.29 is 14.7 Å². The maximum absolute atomic E-state index is 11.0. The minimum atomic E-state index is -0.821. The number of primary amides is 1. The van der Waals surface area contributed by atoms with Crippen molar-refractivity contribution in [3.05, 3.63) is 29.3 Å². The van der Waals surface area contributed by atoms with Gasteiger partial charge in [0.1, 0.15) is 5.75 Å². The van der Waals surface area contributed by atoms with Crippen LogP contribution < -0.4 is 10.5 Å². The van der Waals surface area contributed by atoms with Gasteiger partial charge in [0, 0.05) is 0 Å². The van der Waals surface area contributed by atoms with Crippen molar-refractivity contribution in [1.29, 1.82) is 0 Å². The lowest BCUT2D eigenvalue weighted by Crippen LogP contribution is -2.37. The van der Waals surface area contributed by atoms with Crippen LogP contribution in [-0.4, -0.2) is 23.4 Å². The predicted octanol–water partition coefficient (Wildman–Crippen LogP) is 1.84. The normalized spacial score (nSPS) is 18.4. The van der Waals surface area contributed by atoms with Gasteiger partial charge in [-0.15, -0.1) is 0 Å². The van der Waals surface area contributed by atoms with Crippen LogP contribution in [-0.2, 0) is 6.42 Å². The van der Waals surface area contributed by atoms with E-state index in [9.17, 15) is 10.0 Å². The lowest BCUT2D eigenvalue weighted by Gasteiger charge is -2.30. The fourth-order valence-electron chi connectivity index (χ4n) is 2.30.